The number of methoxy groups -OCH3 is 2. The number of ether oxygens (including phenoxy) is 2. The number of nitrogens with one attached hydrogen (secondary N) is 2. The summed E-state index contributed by atoms with van der Waals surface area (Å²) < 4.78 is 9.30. The van der Waals surface area contributed by atoms with Gasteiger partial charge >= 0.3 is 11.9 Å². The zero-order valence-electron chi connectivity index (χ0n) is 12.9. The average Bonchev–Trinajstić information content (AvgIpc) is 3.07. The van der Waals surface area contributed by atoms with Gasteiger partial charge in [-0.05, 0) is 31.2 Å². The van der Waals surface area contributed by atoms with Crippen LogP contribution in [0.25, 0.3) is 0 Å². The van der Waals surface area contributed by atoms with Crippen LogP contribution in [0.3, 0.4) is 0 Å². The Morgan fingerprint density at radius 1 is 1.09 bits per heavy atom. The fourth-order valence-electron chi connectivity index (χ4n) is 2.29. The maximum Gasteiger partial charge on any atom is 0.337 e. The molecule has 1 fully saturated rings. The third kappa shape index (κ3) is 4.67. The molecule has 0 saturated carbocycles. The van der Waals surface area contributed by atoms with Crippen LogP contribution in [0.5, 0.6) is 0 Å². The van der Waals surface area contributed by atoms with Crippen molar-refractivity contribution in [1.29, 1.82) is 0 Å². The molecule has 1 aliphatic heterocycles. The molecule has 7 nitrogen and oxygen atoms in total. The van der Waals surface area contributed by atoms with Gasteiger partial charge in [0, 0.05) is 12.2 Å². The Morgan fingerprint density at radius 2 is 1.65 bits per heavy atom. The summed E-state index contributed by atoms with van der Waals surface area (Å²) in [5, 5.41) is 5.84. The number of hydrogen-bond acceptors (Lipinski definition) is 6. The van der Waals surface area contributed by atoms with Crippen molar-refractivity contribution >= 4 is 35.9 Å². The predicted molar refractivity (Wildman–Crippen MR) is 86.0 cm³/mol. The number of carbonyl (C=O) groups excluding carboxylic acids is 3. The van der Waals surface area contributed by atoms with Gasteiger partial charge in [0.25, 0.3) is 0 Å². The summed E-state index contributed by atoms with van der Waals surface area (Å²) >= 11 is 0. The van der Waals surface area contributed by atoms with Gasteiger partial charge in [-0.3, -0.25) is 4.79 Å². The largest absolute Gasteiger partial charge is 0.465 e. The van der Waals surface area contributed by atoms with E-state index in [2.05, 4.69) is 20.1 Å². The lowest BCUT2D eigenvalue weighted by Crippen LogP contribution is -2.25. The van der Waals surface area contributed by atoms with Gasteiger partial charge in [-0.25, -0.2) is 9.59 Å². The maximum absolute atomic E-state index is 12.1. The van der Waals surface area contributed by atoms with Crippen LogP contribution in [0.4, 0.5) is 5.69 Å². The minimum absolute atomic E-state index is 0. The summed E-state index contributed by atoms with van der Waals surface area (Å²) in [5.41, 5.74) is 0.704. The number of anilines is 1. The van der Waals surface area contributed by atoms with Crippen molar-refractivity contribution in [3.63, 3.8) is 0 Å². The summed E-state index contributed by atoms with van der Waals surface area (Å²) in [5.74, 6) is -1.46. The Kier molecular flexibility index (Phi) is 6.99. The molecule has 1 heterocycles. The van der Waals surface area contributed by atoms with Crippen LogP contribution >= 0.6 is 12.4 Å². The summed E-state index contributed by atoms with van der Waals surface area (Å²) in [6.07, 6.45) is 0.756. The van der Waals surface area contributed by atoms with Gasteiger partial charge < -0.3 is 20.1 Å². The third-order valence-electron chi connectivity index (χ3n) is 3.47. The molecule has 8 heteroatoms. The number of rotatable bonds is 4. The number of hydrogen-bond donors (Lipinski definition) is 2. The van der Waals surface area contributed by atoms with Crippen molar-refractivity contribution in [3.05, 3.63) is 29.3 Å². The normalized spacial score (nSPS) is 16.2. The SMILES string of the molecule is COC(=O)c1cc(NC(=O)C2CCNC2)cc(C(=O)OC)c1.Cl. The molecular formula is C15H19ClN2O5. The summed E-state index contributed by atoms with van der Waals surface area (Å²) in [4.78, 5) is 35.5. The van der Waals surface area contributed by atoms with Crippen molar-refractivity contribution in [3.8, 4) is 0 Å². The van der Waals surface area contributed by atoms with E-state index in [-0.39, 0.29) is 35.4 Å². The van der Waals surface area contributed by atoms with Crippen molar-refractivity contribution < 1.29 is 23.9 Å². The van der Waals surface area contributed by atoms with E-state index in [1.807, 2.05) is 0 Å². The Morgan fingerprint density at radius 3 is 2.09 bits per heavy atom. The zero-order chi connectivity index (χ0) is 16.1. The minimum atomic E-state index is -0.594. The van der Waals surface area contributed by atoms with Crippen LogP contribution in [-0.4, -0.2) is 45.2 Å². The molecule has 1 unspecified atom stereocenters. The maximum atomic E-state index is 12.1. The molecule has 1 saturated heterocycles. The highest BCUT2D eigenvalue weighted by atomic mass is 35.5. The second-order valence-corrected chi connectivity index (χ2v) is 4.96. The topological polar surface area (TPSA) is 93.7 Å². The first kappa shape index (κ1) is 18.9. The highest BCUT2D eigenvalue weighted by molar-refractivity contribution is 6.00. The first-order chi connectivity index (χ1) is 10.5. The Bertz CT molecular complexity index is 565. The second kappa shape index (κ2) is 8.50. The quantitative estimate of drug-likeness (QED) is 0.799. The van der Waals surface area contributed by atoms with E-state index in [4.69, 9.17) is 0 Å². The predicted octanol–water partition coefficient (Wildman–Crippen LogP) is 1.23. The van der Waals surface area contributed by atoms with Crippen LogP contribution in [0.2, 0.25) is 0 Å². The zero-order valence-corrected chi connectivity index (χ0v) is 13.7. The molecule has 0 radical (unpaired) electrons. The lowest BCUT2D eigenvalue weighted by Gasteiger charge is -2.12. The molecule has 1 amide bonds. The molecule has 126 valence electrons. The van der Waals surface area contributed by atoms with E-state index in [0.29, 0.717) is 12.2 Å². The van der Waals surface area contributed by atoms with Crippen LogP contribution in [0, 0.1) is 5.92 Å². The Labute approximate surface area is 140 Å². The standard InChI is InChI=1S/C15H18N2O5.ClH/c1-21-14(19)10-5-11(15(20)22-2)7-12(6-10)17-13(18)9-3-4-16-8-9;/h5-7,9,16H,3-4,8H2,1-2H3,(H,17,18);1H. The molecule has 23 heavy (non-hydrogen) atoms. The molecular weight excluding hydrogens is 324 g/mol. The van der Waals surface area contributed by atoms with Crippen LogP contribution in [0.15, 0.2) is 18.2 Å². The monoisotopic (exact) mass is 342 g/mol. The van der Waals surface area contributed by atoms with E-state index in [1.165, 1.54) is 32.4 Å². The van der Waals surface area contributed by atoms with Gasteiger partial charge in [0.2, 0.25) is 5.91 Å². The van der Waals surface area contributed by atoms with E-state index in [1.54, 1.807) is 0 Å². The second-order valence-electron chi connectivity index (χ2n) is 4.96. The first-order valence-electron chi connectivity index (χ1n) is 6.88. The molecule has 0 spiro atoms. The van der Waals surface area contributed by atoms with Crippen LogP contribution in [-0.2, 0) is 14.3 Å². The summed E-state index contributed by atoms with van der Waals surface area (Å²) in [6.45, 7) is 1.42. The van der Waals surface area contributed by atoms with E-state index in [9.17, 15) is 14.4 Å². The molecule has 0 aliphatic carbocycles. The number of benzene rings is 1. The highest BCUT2D eigenvalue weighted by Gasteiger charge is 2.23. The van der Waals surface area contributed by atoms with E-state index < -0.39 is 11.9 Å². The molecule has 1 atom stereocenters. The van der Waals surface area contributed by atoms with Crippen LogP contribution < -0.4 is 10.6 Å². The van der Waals surface area contributed by atoms with Gasteiger partial charge in [0.15, 0.2) is 0 Å². The molecule has 0 bridgehead atoms. The number of halogens is 1. The van der Waals surface area contributed by atoms with E-state index >= 15 is 0 Å². The number of carbonyl (C=O) groups is 3. The lowest BCUT2D eigenvalue weighted by atomic mass is 10.1. The number of amides is 1. The fraction of sp³-hybridized carbons (Fsp3) is 0.400. The van der Waals surface area contributed by atoms with Gasteiger partial charge in [-0.2, -0.15) is 0 Å². The van der Waals surface area contributed by atoms with Crippen LogP contribution in [0.1, 0.15) is 27.1 Å². The molecule has 2 N–H and O–H groups in total. The van der Waals surface area contributed by atoms with E-state index in [0.717, 1.165) is 13.0 Å². The Hall–Kier alpha value is -2.12. The minimum Gasteiger partial charge on any atom is -0.465 e. The Balaban J connectivity index is 0.00000264. The van der Waals surface area contributed by atoms with Gasteiger partial charge in [0.1, 0.15) is 0 Å². The highest BCUT2D eigenvalue weighted by Crippen LogP contribution is 2.19. The molecule has 0 aromatic heterocycles. The van der Waals surface area contributed by atoms with Crippen molar-refractivity contribution in [2.75, 3.05) is 32.6 Å². The molecule has 1 aliphatic rings. The number of esters is 2. The van der Waals surface area contributed by atoms with Gasteiger partial charge in [-0.15, -0.1) is 12.4 Å². The van der Waals surface area contributed by atoms with Crippen molar-refractivity contribution in [2.24, 2.45) is 5.92 Å². The summed E-state index contributed by atoms with van der Waals surface area (Å²) in [6, 6.07) is 4.31. The average molecular weight is 343 g/mol. The molecule has 1 aromatic rings. The van der Waals surface area contributed by atoms with Crippen molar-refractivity contribution in [2.45, 2.75) is 6.42 Å². The lowest BCUT2D eigenvalue weighted by molar-refractivity contribution is -0.119. The fourth-order valence-corrected chi connectivity index (χ4v) is 2.29. The summed E-state index contributed by atoms with van der Waals surface area (Å²) in [7, 11) is 2.49. The first-order valence-corrected chi connectivity index (χ1v) is 6.88. The van der Waals surface area contributed by atoms with Gasteiger partial charge in [0.05, 0.1) is 31.3 Å². The van der Waals surface area contributed by atoms with Gasteiger partial charge in [-0.1, -0.05) is 0 Å². The smallest absolute Gasteiger partial charge is 0.337 e. The molecule has 2 rings (SSSR count). The third-order valence-corrected chi connectivity index (χ3v) is 3.47. The molecule has 1 aromatic carbocycles. The van der Waals surface area contributed by atoms with Crippen molar-refractivity contribution in [1.82, 2.24) is 5.32 Å².